The highest BCUT2D eigenvalue weighted by atomic mass is 35.5. The van der Waals surface area contributed by atoms with Crippen molar-refractivity contribution in [3.05, 3.63) is 39.5 Å². The van der Waals surface area contributed by atoms with Crippen molar-refractivity contribution < 1.29 is 17.6 Å². The Morgan fingerprint density at radius 1 is 1.38 bits per heavy atom. The van der Waals surface area contributed by atoms with Crippen LogP contribution in [0.3, 0.4) is 0 Å². The number of nitrogens with zero attached hydrogens (tertiary/aromatic N) is 2. The van der Waals surface area contributed by atoms with E-state index in [9.17, 15) is 17.6 Å². The van der Waals surface area contributed by atoms with Crippen LogP contribution in [0.1, 0.15) is 11.1 Å². The number of hydrogen-bond acceptors (Lipinski definition) is 5. The van der Waals surface area contributed by atoms with Gasteiger partial charge in [0.2, 0.25) is 5.13 Å². The molecule has 0 radical (unpaired) electrons. The van der Waals surface area contributed by atoms with Crippen molar-refractivity contribution in [2.45, 2.75) is 6.18 Å². The first-order valence-electron chi connectivity index (χ1n) is 5.33. The van der Waals surface area contributed by atoms with E-state index in [1.807, 2.05) is 0 Å². The van der Waals surface area contributed by atoms with E-state index in [0.717, 1.165) is 12.3 Å². The number of nitrogens with two attached hydrogens (primary N) is 1. The van der Waals surface area contributed by atoms with E-state index in [2.05, 4.69) is 15.5 Å². The molecule has 0 spiro atoms. The molecule has 2 aromatic rings. The summed E-state index contributed by atoms with van der Waals surface area (Å²) in [6.45, 7) is 0. The van der Waals surface area contributed by atoms with E-state index in [4.69, 9.17) is 17.3 Å². The number of aromatic nitrogens is 1. The minimum absolute atomic E-state index is 0.00856. The zero-order valence-electron chi connectivity index (χ0n) is 10.1. The Balaban J connectivity index is 2.22. The molecule has 0 amide bonds. The smallest absolute Gasteiger partial charge is 0.383 e. The van der Waals surface area contributed by atoms with Crippen LogP contribution in [0.4, 0.5) is 28.5 Å². The second-order valence-electron chi connectivity index (χ2n) is 3.81. The quantitative estimate of drug-likeness (QED) is 0.505. The highest BCUT2D eigenvalue weighted by Crippen LogP contribution is 2.34. The van der Waals surface area contributed by atoms with Crippen LogP contribution < -0.4 is 11.2 Å². The molecule has 0 unspecified atom stereocenters. The number of alkyl halides is 3. The molecule has 21 heavy (non-hydrogen) atoms. The van der Waals surface area contributed by atoms with Gasteiger partial charge in [-0.25, -0.2) is 9.37 Å². The molecule has 0 aliphatic rings. The average Bonchev–Trinajstić information content (AvgIpc) is 2.78. The summed E-state index contributed by atoms with van der Waals surface area (Å²) >= 11 is 6.61. The Kier molecular flexibility index (Phi) is 4.33. The van der Waals surface area contributed by atoms with E-state index in [1.54, 1.807) is 5.38 Å². The molecule has 3 N–H and O–H groups in total. The zero-order chi connectivity index (χ0) is 15.6. The van der Waals surface area contributed by atoms with Crippen LogP contribution >= 0.6 is 22.9 Å². The van der Waals surface area contributed by atoms with Gasteiger partial charge in [-0.1, -0.05) is 11.6 Å². The summed E-state index contributed by atoms with van der Waals surface area (Å²) in [6, 6.07) is 1.65. The van der Waals surface area contributed by atoms with Crippen molar-refractivity contribution in [2.75, 3.05) is 11.2 Å². The Morgan fingerprint density at radius 2 is 2.10 bits per heavy atom. The molecule has 112 valence electrons. The molecule has 0 aliphatic carbocycles. The molecule has 1 heterocycles. The Labute approximate surface area is 125 Å². The molecule has 1 aromatic carbocycles. The first kappa shape index (κ1) is 15.5. The van der Waals surface area contributed by atoms with Gasteiger partial charge in [0.1, 0.15) is 5.82 Å². The number of halogens is 5. The summed E-state index contributed by atoms with van der Waals surface area (Å²) in [5, 5.41) is 4.99. The van der Waals surface area contributed by atoms with Crippen LogP contribution in [-0.4, -0.2) is 11.2 Å². The summed E-state index contributed by atoms with van der Waals surface area (Å²) in [4.78, 5) is 3.84. The van der Waals surface area contributed by atoms with Crippen molar-refractivity contribution in [2.24, 2.45) is 5.10 Å². The number of nitrogen functional groups attached to an aromatic ring is 1. The summed E-state index contributed by atoms with van der Waals surface area (Å²) in [5.41, 5.74) is 6.42. The first-order valence-corrected chi connectivity index (χ1v) is 6.59. The van der Waals surface area contributed by atoms with E-state index >= 15 is 0 Å². The first-order chi connectivity index (χ1) is 9.77. The number of anilines is 2. The maximum absolute atomic E-state index is 13.3. The molecule has 1 aromatic heterocycles. The summed E-state index contributed by atoms with van der Waals surface area (Å²) in [7, 11) is 0. The SMILES string of the molecule is Nc1csc(NN=Cc2cc(Cl)c(F)c(C(F)(F)F)c2)n1. The third-order valence-electron chi connectivity index (χ3n) is 2.25. The Morgan fingerprint density at radius 3 is 2.67 bits per heavy atom. The van der Waals surface area contributed by atoms with Crippen molar-refractivity contribution in [3.8, 4) is 0 Å². The van der Waals surface area contributed by atoms with Crippen LogP contribution in [0.15, 0.2) is 22.6 Å². The van der Waals surface area contributed by atoms with Gasteiger partial charge < -0.3 is 5.73 Å². The Hall–Kier alpha value is -1.87. The van der Waals surface area contributed by atoms with Crippen LogP contribution in [0.2, 0.25) is 5.02 Å². The standard InChI is InChI=1S/C11H7ClF4N4S/c12-7-2-5(1-6(9(7)13)11(14,15)16)3-18-20-10-19-8(17)4-21-10/h1-4H,17H2,(H,19,20). The van der Waals surface area contributed by atoms with Gasteiger partial charge in [0, 0.05) is 5.38 Å². The Bertz CT molecular complexity index is 683. The number of hydrazone groups is 1. The van der Waals surface area contributed by atoms with Gasteiger partial charge in [-0.2, -0.15) is 18.3 Å². The highest BCUT2D eigenvalue weighted by Gasteiger charge is 2.35. The number of hydrogen-bond donors (Lipinski definition) is 2. The van der Waals surface area contributed by atoms with Crippen LogP contribution in [0.5, 0.6) is 0 Å². The van der Waals surface area contributed by atoms with Crippen LogP contribution in [-0.2, 0) is 6.18 Å². The molecule has 2 rings (SSSR count). The van der Waals surface area contributed by atoms with Gasteiger partial charge in [0.15, 0.2) is 5.82 Å². The molecular weight excluding hydrogens is 332 g/mol. The summed E-state index contributed by atoms with van der Waals surface area (Å²) < 4.78 is 51.2. The maximum atomic E-state index is 13.3. The van der Waals surface area contributed by atoms with Gasteiger partial charge >= 0.3 is 6.18 Å². The third-order valence-corrected chi connectivity index (χ3v) is 3.29. The van der Waals surface area contributed by atoms with E-state index in [1.165, 1.54) is 11.3 Å². The lowest BCUT2D eigenvalue weighted by molar-refractivity contribution is -0.140. The lowest BCUT2D eigenvalue weighted by Gasteiger charge is -2.09. The predicted octanol–water partition coefficient (Wildman–Crippen LogP) is 3.98. The fraction of sp³-hybridized carbons (Fsp3) is 0.0909. The normalized spacial score (nSPS) is 12.0. The second-order valence-corrected chi connectivity index (χ2v) is 5.07. The van der Waals surface area contributed by atoms with Gasteiger partial charge in [-0.15, -0.1) is 11.3 Å². The minimum Gasteiger partial charge on any atom is -0.383 e. The topological polar surface area (TPSA) is 63.3 Å². The van der Waals surface area contributed by atoms with Crippen molar-refractivity contribution in [3.63, 3.8) is 0 Å². The van der Waals surface area contributed by atoms with Crippen molar-refractivity contribution >= 4 is 40.1 Å². The monoisotopic (exact) mass is 338 g/mol. The minimum atomic E-state index is -4.84. The lowest BCUT2D eigenvalue weighted by atomic mass is 10.1. The number of benzene rings is 1. The summed E-state index contributed by atoms with van der Waals surface area (Å²) in [5.74, 6) is -1.22. The number of nitrogens with one attached hydrogen (secondary N) is 1. The number of thiazole rings is 1. The van der Waals surface area contributed by atoms with Gasteiger partial charge in [0.25, 0.3) is 0 Å². The fourth-order valence-corrected chi connectivity index (χ4v) is 2.17. The predicted molar refractivity (Wildman–Crippen MR) is 74.2 cm³/mol. The largest absolute Gasteiger partial charge is 0.419 e. The molecule has 0 atom stereocenters. The maximum Gasteiger partial charge on any atom is 0.419 e. The molecule has 0 saturated carbocycles. The van der Waals surface area contributed by atoms with E-state index < -0.39 is 22.6 Å². The molecule has 0 fully saturated rings. The molecule has 0 bridgehead atoms. The summed E-state index contributed by atoms with van der Waals surface area (Å²) in [6.07, 6.45) is -3.77. The fourth-order valence-electron chi connectivity index (χ4n) is 1.39. The average molecular weight is 339 g/mol. The molecule has 0 aliphatic heterocycles. The van der Waals surface area contributed by atoms with Crippen LogP contribution in [0, 0.1) is 5.82 Å². The molecule has 4 nitrogen and oxygen atoms in total. The number of rotatable bonds is 3. The lowest BCUT2D eigenvalue weighted by Crippen LogP contribution is -2.09. The van der Waals surface area contributed by atoms with E-state index in [-0.39, 0.29) is 5.56 Å². The molecule has 0 saturated heterocycles. The third kappa shape index (κ3) is 3.82. The van der Waals surface area contributed by atoms with Gasteiger partial charge in [0.05, 0.1) is 16.8 Å². The van der Waals surface area contributed by atoms with Gasteiger partial charge in [-0.05, 0) is 17.7 Å². The van der Waals surface area contributed by atoms with Gasteiger partial charge in [-0.3, -0.25) is 5.43 Å². The zero-order valence-corrected chi connectivity index (χ0v) is 11.7. The molecular formula is C11H7ClF4N4S. The van der Waals surface area contributed by atoms with Crippen molar-refractivity contribution in [1.29, 1.82) is 0 Å². The van der Waals surface area contributed by atoms with E-state index in [0.29, 0.717) is 17.0 Å². The van der Waals surface area contributed by atoms with Crippen molar-refractivity contribution in [1.82, 2.24) is 4.98 Å². The highest BCUT2D eigenvalue weighted by molar-refractivity contribution is 7.14. The molecule has 10 heteroatoms. The van der Waals surface area contributed by atoms with Crippen LogP contribution in [0.25, 0.3) is 0 Å². The second kappa shape index (κ2) is 5.86.